The van der Waals surface area contributed by atoms with Gasteiger partial charge in [-0.1, -0.05) is 38.2 Å². The lowest BCUT2D eigenvalue weighted by Gasteiger charge is -2.27. The van der Waals surface area contributed by atoms with Gasteiger partial charge in [-0.05, 0) is 13.3 Å². The van der Waals surface area contributed by atoms with Crippen molar-refractivity contribution in [3.8, 4) is 0 Å². The average Bonchev–Trinajstić information content (AvgIpc) is 1.96. The standard InChI is InChI=1S/C12H23/c1-6-12(11(4)5)9-7-8-10(2)3/h6,11-12H,2,7-9H2,1,3-5H3/q-1. The quantitative estimate of drug-likeness (QED) is 0.410. The Balaban J connectivity index is 3.51. The van der Waals surface area contributed by atoms with E-state index < -0.39 is 0 Å². The molecular weight excluding hydrogens is 144 g/mol. The molecule has 12 heavy (non-hydrogen) atoms. The van der Waals surface area contributed by atoms with Crippen LogP contribution in [0.2, 0.25) is 0 Å². The van der Waals surface area contributed by atoms with Crippen molar-refractivity contribution in [2.75, 3.05) is 0 Å². The third-order valence-electron chi connectivity index (χ3n) is 2.43. The Labute approximate surface area is 78.1 Å². The first-order valence-corrected chi connectivity index (χ1v) is 5.01. The summed E-state index contributed by atoms with van der Waals surface area (Å²) in [4.78, 5) is 0. The summed E-state index contributed by atoms with van der Waals surface area (Å²) in [7, 11) is 0. The first kappa shape index (κ1) is 11.7. The molecule has 0 heteroatoms. The topological polar surface area (TPSA) is 0 Å². The highest BCUT2D eigenvalue weighted by molar-refractivity contribution is 4.88. The zero-order chi connectivity index (χ0) is 9.56. The van der Waals surface area contributed by atoms with Crippen molar-refractivity contribution in [1.82, 2.24) is 0 Å². The van der Waals surface area contributed by atoms with Crippen molar-refractivity contribution < 1.29 is 0 Å². The van der Waals surface area contributed by atoms with Crippen LogP contribution in [-0.4, -0.2) is 0 Å². The summed E-state index contributed by atoms with van der Waals surface area (Å²) >= 11 is 0. The van der Waals surface area contributed by atoms with Gasteiger partial charge in [0.2, 0.25) is 0 Å². The van der Waals surface area contributed by atoms with Crippen LogP contribution in [0.4, 0.5) is 0 Å². The normalized spacial score (nSPS) is 13.4. The minimum atomic E-state index is 0.792. The number of rotatable bonds is 6. The molecule has 0 N–H and O–H groups in total. The summed E-state index contributed by atoms with van der Waals surface area (Å²) < 4.78 is 0. The van der Waals surface area contributed by atoms with Crippen molar-refractivity contribution in [3.63, 3.8) is 0 Å². The Morgan fingerprint density at radius 3 is 2.33 bits per heavy atom. The molecule has 0 heterocycles. The molecule has 0 aromatic carbocycles. The largest absolute Gasteiger partial charge is 0.328 e. The van der Waals surface area contributed by atoms with Crippen LogP contribution < -0.4 is 0 Å². The molecule has 0 rings (SSSR count). The van der Waals surface area contributed by atoms with Crippen LogP contribution >= 0.6 is 0 Å². The van der Waals surface area contributed by atoms with Crippen LogP contribution in [-0.2, 0) is 0 Å². The maximum absolute atomic E-state index is 3.91. The van der Waals surface area contributed by atoms with Gasteiger partial charge in [0.25, 0.3) is 0 Å². The Morgan fingerprint density at radius 1 is 1.42 bits per heavy atom. The van der Waals surface area contributed by atoms with Gasteiger partial charge >= 0.3 is 0 Å². The Hall–Kier alpha value is -0.260. The Bertz CT molecular complexity index is 122. The molecule has 0 spiro atoms. The van der Waals surface area contributed by atoms with Gasteiger partial charge in [-0.2, -0.15) is 12.8 Å². The van der Waals surface area contributed by atoms with Gasteiger partial charge in [-0.25, -0.2) is 0 Å². The fourth-order valence-electron chi connectivity index (χ4n) is 1.52. The lowest BCUT2D eigenvalue weighted by atomic mass is 9.88. The van der Waals surface area contributed by atoms with Crippen LogP contribution in [0, 0.1) is 18.3 Å². The molecule has 0 aliphatic carbocycles. The molecule has 0 radical (unpaired) electrons. The molecule has 0 fully saturated rings. The molecule has 0 aromatic rings. The fourth-order valence-corrected chi connectivity index (χ4v) is 1.52. The predicted octanol–water partition coefficient (Wildman–Crippen LogP) is 4.23. The van der Waals surface area contributed by atoms with Gasteiger partial charge in [-0.3, -0.25) is 0 Å². The van der Waals surface area contributed by atoms with Crippen molar-refractivity contribution >= 4 is 0 Å². The van der Waals surface area contributed by atoms with E-state index in [-0.39, 0.29) is 0 Å². The minimum absolute atomic E-state index is 0.792. The van der Waals surface area contributed by atoms with E-state index in [2.05, 4.69) is 40.7 Å². The summed E-state index contributed by atoms with van der Waals surface area (Å²) in [5.41, 5.74) is 1.31. The third kappa shape index (κ3) is 5.40. The predicted molar refractivity (Wildman–Crippen MR) is 57.0 cm³/mol. The maximum atomic E-state index is 3.91. The SMILES string of the molecule is C=C(C)CCCC([CH-]C)C(C)C. The molecule has 0 bridgehead atoms. The van der Waals surface area contributed by atoms with Crippen molar-refractivity contribution in [3.05, 3.63) is 18.6 Å². The molecule has 0 aliphatic rings. The summed E-state index contributed by atoms with van der Waals surface area (Å²) in [5, 5.41) is 0. The monoisotopic (exact) mass is 167 g/mol. The van der Waals surface area contributed by atoms with Crippen LogP contribution in [0.3, 0.4) is 0 Å². The molecule has 1 unspecified atom stereocenters. The Kier molecular flexibility index (Phi) is 6.14. The smallest absolute Gasteiger partial charge is 0.0327 e. The van der Waals surface area contributed by atoms with Gasteiger partial charge in [-0.15, -0.1) is 6.58 Å². The third-order valence-corrected chi connectivity index (χ3v) is 2.43. The maximum Gasteiger partial charge on any atom is -0.0327 e. The van der Waals surface area contributed by atoms with E-state index in [1.807, 2.05) is 0 Å². The highest BCUT2D eigenvalue weighted by atomic mass is 14.1. The molecule has 0 aliphatic heterocycles. The molecule has 0 amide bonds. The molecule has 72 valence electrons. The summed E-state index contributed by atoms with van der Waals surface area (Å²) in [5.74, 6) is 1.59. The fraction of sp³-hybridized carbons (Fsp3) is 0.750. The first-order chi connectivity index (χ1) is 5.57. The summed E-state index contributed by atoms with van der Waals surface area (Å²) in [6, 6.07) is 0. The average molecular weight is 167 g/mol. The lowest BCUT2D eigenvalue weighted by molar-refractivity contribution is 0.399. The van der Waals surface area contributed by atoms with Crippen molar-refractivity contribution in [2.45, 2.75) is 47.0 Å². The highest BCUT2D eigenvalue weighted by Gasteiger charge is 2.02. The number of hydrogen-bond acceptors (Lipinski definition) is 0. The summed E-state index contributed by atoms with van der Waals surface area (Å²) in [6.07, 6.45) is 6.14. The van der Waals surface area contributed by atoms with Gasteiger partial charge in [0.05, 0.1) is 0 Å². The van der Waals surface area contributed by atoms with E-state index in [1.54, 1.807) is 0 Å². The van der Waals surface area contributed by atoms with Gasteiger partial charge < -0.3 is 6.42 Å². The number of allylic oxidation sites excluding steroid dienone is 1. The first-order valence-electron chi connectivity index (χ1n) is 5.01. The minimum Gasteiger partial charge on any atom is -0.328 e. The van der Waals surface area contributed by atoms with Gasteiger partial charge in [0.1, 0.15) is 0 Å². The van der Waals surface area contributed by atoms with Crippen LogP contribution in [0.5, 0.6) is 0 Å². The second-order valence-corrected chi connectivity index (χ2v) is 4.09. The second kappa shape index (κ2) is 6.28. The molecule has 1 atom stereocenters. The molecule has 0 saturated carbocycles. The zero-order valence-electron chi connectivity index (χ0n) is 9.06. The van der Waals surface area contributed by atoms with E-state index in [9.17, 15) is 0 Å². The second-order valence-electron chi connectivity index (χ2n) is 4.09. The molecular formula is C12H23-. The van der Waals surface area contributed by atoms with E-state index in [0.29, 0.717) is 0 Å². The number of hydrogen-bond donors (Lipinski definition) is 0. The zero-order valence-corrected chi connectivity index (χ0v) is 9.06. The van der Waals surface area contributed by atoms with Gasteiger partial charge in [0, 0.05) is 0 Å². The molecule has 0 aromatic heterocycles. The molecule has 0 saturated heterocycles. The summed E-state index contributed by atoms with van der Waals surface area (Å²) in [6.45, 7) is 12.8. The van der Waals surface area contributed by atoms with Crippen molar-refractivity contribution in [2.24, 2.45) is 11.8 Å². The van der Waals surface area contributed by atoms with E-state index >= 15 is 0 Å². The molecule has 0 nitrogen and oxygen atoms in total. The van der Waals surface area contributed by atoms with Crippen LogP contribution in [0.1, 0.15) is 47.0 Å². The highest BCUT2D eigenvalue weighted by Crippen LogP contribution is 2.21. The van der Waals surface area contributed by atoms with E-state index in [0.717, 1.165) is 11.8 Å². The Morgan fingerprint density at radius 2 is 2.00 bits per heavy atom. The lowest BCUT2D eigenvalue weighted by Crippen LogP contribution is -2.07. The van der Waals surface area contributed by atoms with Crippen LogP contribution in [0.25, 0.3) is 0 Å². The van der Waals surface area contributed by atoms with Crippen molar-refractivity contribution in [1.29, 1.82) is 0 Å². The van der Waals surface area contributed by atoms with E-state index in [1.165, 1.54) is 24.8 Å². The van der Waals surface area contributed by atoms with Crippen LogP contribution in [0.15, 0.2) is 12.2 Å². The van der Waals surface area contributed by atoms with Gasteiger partial charge in [0.15, 0.2) is 0 Å². The van der Waals surface area contributed by atoms with E-state index in [4.69, 9.17) is 0 Å².